The standard InChI is InChI=1S/C9H16N2O4S/c1-5(8(13)14)4-16-6(2)7(12)11-9(15)10-3/h5-6H,4H2,1-3H3,(H,13,14)(H2,10,11,12,15). The third-order valence-corrected chi connectivity index (χ3v) is 3.26. The Balaban J connectivity index is 3.97. The van der Waals surface area contributed by atoms with Gasteiger partial charge in [0.15, 0.2) is 0 Å². The maximum absolute atomic E-state index is 11.4. The number of nitrogens with one attached hydrogen (secondary N) is 2. The van der Waals surface area contributed by atoms with E-state index in [1.54, 1.807) is 13.8 Å². The topological polar surface area (TPSA) is 95.5 Å². The molecule has 92 valence electrons. The monoisotopic (exact) mass is 248 g/mol. The van der Waals surface area contributed by atoms with E-state index in [-0.39, 0.29) is 0 Å². The van der Waals surface area contributed by atoms with Gasteiger partial charge in [-0.2, -0.15) is 0 Å². The summed E-state index contributed by atoms with van der Waals surface area (Å²) in [5, 5.41) is 12.6. The van der Waals surface area contributed by atoms with Crippen LogP contribution in [0.25, 0.3) is 0 Å². The second-order valence-corrected chi connectivity index (χ2v) is 4.66. The molecule has 7 heteroatoms. The molecule has 3 N–H and O–H groups in total. The van der Waals surface area contributed by atoms with Gasteiger partial charge in [-0.3, -0.25) is 14.9 Å². The Kier molecular flexibility index (Phi) is 6.55. The van der Waals surface area contributed by atoms with Gasteiger partial charge in [-0.1, -0.05) is 6.92 Å². The third-order valence-electron chi connectivity index (χ3n) is 1.85. The number of carboxylic acid groups (broad SMARTS) is 1. The first-order chi connectivity index (χ1) is 7.38. The highest BCUT2D eigenvalue weighted by atomic mass is 32.2. The second kappa shape index (κ2) is 7.10. The Bertz CT molecular complexity index is 283. The predicted octanol–water partition coefficient (Wildman–Crippen LogP) is 0.284. The van der Waals surface area contributed by atoms with Gasteiger partial charge in [-0.25, -0.2) is 4.79 Å². The second-order valence-electron chi connectivity index (χ2n) is 3.28. The van der Waals surface area contributed by atoms with Gasteiger partial charge in [0.1, 0.15) is 0 Å². The van der Waals surface area contributed by atoms with Crippen molar-refractivity contribution in [1.82, 2.24) is 10.6 Å². The Morgan fingerprint density at radius 1 is 1.31 bits per heavy atom. The van der Waals surface area contributed by atoms with Crippen molar-refractivity contribution in [2.45, 2.75) is 19.1 Å². The van der Waals surface area contributed by atoms with E-state index >= 15 is 0 Å². The molecule has 0 aromatic heterocycles. The zero-order valence-corrected chi connectivity index (χ0v) is 10.3. The molecule has 0 radical (unpaired) electrons. The van der Waals surface area contributed by atoms with Crippen molar-refractivity contribution in [2.75, 3.05) is 12.8 Å². The molecule has 0 saturated heterocycles. The summed E-state index contributed by atoms with van der Waals surface area (Å²) in [7, 11) is 1.41. The first kappa shape index (κ1) is 14.8. The Morgan fingerprint density at radius 2 is 1.88 bits per heavy atom. The molecule has 0 aromatic carbocycles. The van der Waals surface area contributed by atoms with Crippen molar-refractivity contribution in [2.24, 2.45) is 5.92 Å². The SMILES string of the molecule is CNC(=O)NC(=O)C(C)SCC(C)C(=O)O. The van der Waals surface area contributed by atoms with Crippen molar-refractivity contribution in [3.05, 3.63) is 0 Å². The lowest BCUT2D eigenvalue weighted by Crippen LogP contribution is -2.41. The summed E-state index contributed by atoms with van der Waals surface area (Å²) in [6, 6.07) is -0.566. The maximum atomic E-state index is 11.4. The van der Waals surface area contributed by atoms with E-state index in [9.17, 15) is 14.4 Å². The van der Waals surface area contributed by atoms with E-state index in [1.165, 1.54) is 18.8 Å². The molecular formula is C9H16N2O4S. The number of carbonyl (C=O) groups excluding carboxylic acids is 2. The highest BCUT2D eigenvalue weighted by Crippen LogP contribution is 2.15. The van der Waals surface area contributed by atoms with E-state index in [0.29, 0.717) is 5.75 Å². The first-order valence-corrected chi connectivity index (χ1v) is 5.80. The Labute approximate surface area is 98.2 Å². The summed E-state index contributed by atoms with van der Waals surface area (Å²) in [6.45, 7) is 3.19. The van der Waals surface area contributed by atoms with Crippen LogP contribution < -0.4 is 10.6 Å². The normalized spacial score (nSPS) is 13.7. The van der Waals surface area contributed by atoms with Gasteiger partial charge in [-0.15, -0.1) is 11.8 Å². The number of hydrogen-bond donors (Lipinski definition) is 3. The van der Waals surface area contributed by atoms with E-state index < -0.39 is 29.1 Å². The van der Waals surface area contributed by atoms with E-state index in [4.69, 9.17) is 5.11 Å². The molecule has 0 aliphatic carbocycles. The van der Waals surface area contributed by atoms with Crippen molar-refractivity contribution in [1.29, 1.82) is 0 Å². The average Bonchev–Trinajstić information content (AvgIpc) is 2.24. The van der Waals surface area contributed by atoms with Crippen LogP contribution in [0.15, 0.2) is 0 Å². The minimum absolute atomic E-state index is 0.331. The number of aliphatic carboxylic acids is 1. The highest BCUT2D eigenvalue weighted by molar-refractivity contribution is 8.00. The van der Waals surface area contributed by atoms with Gasteiger partial charge >= 0.3 is 12.0 Å². The molecule has 3 amide bonds. The Morgan fingerprint density at radius 3 is 2.31 bits per heavy atom. The molecule has 0 bridgehead atoms. The molecule has 0 aliphatic heterocycles. The van der Waals surface area contributed by atoms with E-state index in [2.05, 4.69) is 10.6 Å². The third kappa shape index (κ3) is 5.59. The molecular weight excluding hydrogens is 232 g/mol. The Hall–Kier alpha value is -1.24. The van der Waals surface area contributed by atoms with Crippen molar-refractivity contribution in [3.8, 4) is 0 Å². The lowest BCUT2D eigenvalue weighted by atomic mass is 10.2. The number of imide groups is 1. The van der Waals surface area contributed by atoms with Crippen molar-refractivity contribution >= 4 is 29.7 Å². The van der Waals surface area contributed by atoms with Crippen LogP contribution in [0.2, 0.25) is 0 Å². The summed E-state index contributed by atoms with van der Waals surface area (Å²) in [6.07, 6.45) is 0. The molecule has 2 unspecified atom stereocenters. The molecule has 0 rings (SSSR count). The van der Waals surface area contributed by atoms with Crippen LogP contribution in [-0.4, -0.2) is 41.1 Å². The molecule has 0 aliphatic rings. The lowest BCUT2D eigenvalue weighted by Gasteiger charge is -2.12. The molecule has 0 spiro atoms. The van der Waals surface area contributed by atoms with Gasteiger partial charge in [0.05, 0.1) is 11.2 Å². The number of urea groups is 1. The number of rotatable bonds is 5. The number of carboxylic acids is 1. The summed E-state index contributed by atoms with van der Waals surface area (Å²) in [5.74, 6) is -1.51. The van der Waals surface area contributed by atoms with Crippen LogP contribution in [-0.2, 0) is 9.59 Å². The smallest absolute Gasteiger partial charge is 0.321 e. The van der Waals surface area contributed by atoms with Gasteiger partial charge < -0.3 is 10.4 Å². The average molecular weight is 248 g/mol. The van der Waals surface area contributed by atoms with Crippen molar-refractivity contribution in [3.63, 3.8) is 0 Å². The minimum Gasteiger partial charge on any atom is -0.481 e. The predicted molar refractivity (Wildman–Crippen MR) is 61.3 cm³/mol. The van der Waals surface area contributed by atoms with Crippen LogP contribution in [0.1, 0.15) is 13.8 Å². The largest absolute Gasteiger partial charge is 0.481 e. The fourth-order valence-corrected chi connectivity index (χ4v) is 1.64. The zero-order valence-electron chi connectivity index (χ0n) is 9.44. The molecule has 0 fully saturated rings. The summed E-state index contributed by atoms with van der Waals surface area (Å²) >= 11 is 1.20. The number of carbonyl (C=O) groups is 3. The molecule has 6 nitrogen and oxygen atoms in total. The number of hydrogen-bond acceptors (Lipinski definition) is 4. The van der Waals surface area contributed by atoms with Crippen LogP contribution in [0.4, 0.5) is 4.79 Å². The molecule has 0 aromatic rings. The number of amides is 3. The first-order valence-electron chi connectivity index (χ1n) is 4.75. The van der Waals surface area contributed by atoms with Gasteiger partial charge in [-0.05, 0) is 6.92 Å². The van der Waals surface area contributed by atoms with Crippen LogP contribution in [0, 0.1) is 5.92 Å². The summed E-state index contributed by atoms with van der Waals surface area (Å²) in [4.78, 5) is 32.7. The molecule has 16 heavy (non-hydrogen) atoms. The van der Waals surface area contributed by atoms with Gasteiger partial charge in [0, 0.05) is 12.8 Å². The van der Waals surface area contributed by atoms with Crippen LogP contribution >= 0.6 is 11.8 Å². The van der Waals surface area contributed by atoms with Crippen molar-refractivity contribution < 1.29 is 19.5 Å². The maximum Gasteiger partial charge on any atom is 0.321 e. The summed E-state index contributed by atoms with van der Waals surface area (Å²) < 4.78 is 0. The quantitative estimate of drug-likeness (QED) is 0.649. The highest BCUT2D eigenvalue weighted by Gasteiger charge is 2.18. The fourth-order valence-electron chi connectivity index (χ4n) is 0.712. The molecule has 2 atom stereocenters. The zero-order chi connectivity index (χ0) is 12.7. The number of thioether (sulfide) groups is 1. The van der Waals surface area contributed by atoms with E-state index in [0.717, 1.165) is 0 Å². The van der Waals surface area contributed by atoms with Crippen LogP contribution in [0.3, 0.4) is 0 Å². The molecule has 0 heterocycles. The lowest BCUT2D eigenvalue weighted by molar-refractivity contribution is -0.140. The van der Waals surface area contributed by atoms with Gasteiger partial charge in [0.25, 0.3) is 0 Å². The minimum atomic E-state index is -0.897. The van der Waals surface area contributed by atoms with E-state index in [1.807, 2.05) is 0 Å². The van der Waals surface area contributed by atoms with Gasteiger partial charge in [0.2, 0.25) is 5.91 Å². The van der Waals surface area contributed by atoms with Crippen LogP contribution in [0.5, 0.6) is 0 Å². The summed E-state index contributed by atoms with van der Waals surface area (Å²) in [5.41, 5.74) is 0. The fraction of sp³-hybridized carbons (Fsp3) is 0.667. The molecule has 0 saturated carbocycles.